The van der Waals surface area contributed by atoms with E-state index in [0.717, 1.165) is 48.7 Å². The van der Waals surface area contributed by atoms with Gasteiger partial charge in [0, 0.05) is 25.2 Å². The number of nitrogens with zero attached hydrogens (tertiary/aromatic N) is 1. The fourth-order valence-corrected chi connectivity index (χ4v) is 2.30. The lowest BCUT2D eigenvalue weighted by atomic mass is 10.00. The Labute approximate surface area is 100.0 Å². The highest BCUT2D eigenvalue weighted by molar-refractivity contribution is 5.76. The van der Waals surface area contributed by atoms with Crippen LogP contribution in [0.4, 0.5) is 0 Å². The summed E-state index contributed by atoms with van der Waals surface area (Å²) >= 11 is 0. The Bertz CT molecular complexity index is 515. The van der Waals surface area contributed by atoms with Crippen LogP contribution in [-0.2, 0) is 4.74 Å². The summed E-state index contributed by atoms with van der Waals surface area (Å²) in [5.41, 5.74) is 2.05. The first-order chi connectivity index (χ1) is 8.36. The molecular formula is C13H16N2O2. The molecule has 0 atom stereocenters. The third-order valence-corrected chi connectivity index (χ3v) is 3.32. The van der Waals surface area contributed by atoms with E-state index in [9.17, 15) is 0 Å². The molecular weight excluding hydrogens is 216 g/mol. The lowest BCUT2D eigenvalue weighted by Crippen LogP contribution is -2.15. The molecule has 0 bridgehead atoms. The van der Waals surface area contributed by atoms with Crippen LogP contribution < -0.4 is 4.74 Å². The van der Waals surface area contributed by atoms with E-state index in [4.69, 9.17) is 9.47 Å². The molecule has 90 valence electrons. The number of benzene rings is 1. The van der Waals surface area contributed by atoms with Gasteiger partial charge in [-0.25, -0.2) is 4.98 Å². The fourth-order valence-electron chi connectivity index (χ4n) is 2.30. The zero-order chi connectivity index (χ0) is 11.7. The maximum atomic E-state index is 5.37. The molecule has 0 radical (unpaired) electrons. The normalized spacial score (nSPS) is 17.5. The van der Waals surface area contributed by atoms with E-state index in [1.165, 1.54) is 0 Å². The molecule has 0 spiro atoms. The van der Waals surface area contributed by atoms with Crippen molar-refractivity contribution in [3.8, 4) is 5.75 Å². The SMILES string of the molecule is COc1ccc2nc(C3CCOCC3)[nH]c2c1. The lowest BCUT2D eigenvalue weighted by molar-refractivity contribution is 0.0838. The molecule has 1 aliphatic rings. The molecule has 1 aliphatic heterocycles. The molecule has 2 heterocycles. The molecule has 3 rings (SSSR count). The average molecular weight is 232 g/mol. The molecule has 17 heavy (non-hydrogen) atoms. The van der Waals surface area contributed by atoms with Gasteiger partial charge < -0.3 is 14.5 Å². The predicted octanol–water partition coefficient (Wildman–Crippen LogP) is 2.47. The van der Waals surface area contributed by atoms with Crippen molar-refractivity contribution >= 4 is 11.0 Å². The van der Waals surface area contributed by atoms with Crippen LogP contribution in [0.25, 0.3) is 11.0 Å². The fraction of sp³-hybridized carbons (Fsp3) is 0.462. The van der Waals surface area contributed by atoms with Gasteiger partial charge in [0.05, 0.1) is 18.1 Å². The first-order valence-corrected chi connectivity index (χ1v) is 5.98. The number of fused-ring (bicyclic) bond motifs is 1. The minimum atomic E-state index is 0.502. The monoisotopic (exact) mass is 232 g/mol. The van der Waals surface area contributed by atoms with Gasteiger partial charge >= 0.3 is 0 Å². The number of ether oxygens (including phenoxy) is 2. The molecule has 0 amide bonds. The number of hydrogen-bond acceptors (Lipinski definition) is 3. The van der Waals surface area contributed by atoms with E-state index in [1.807, 2.05) is 18.2 Å². The van der Waals surface area contributed by atoms with Crippen molar-refractivity contribution in [3.63, 3.8) is 0 Å². The Balaban J connectivity index is 1.95. The summed E-state index contributed by atoms with van der Waals surface area (Å²) in [5.74, 6) is 2.44. The van der Waals surface area contributed by atoms with Crippen LogP contribution in [0.15, 0.2) is 18.2 Å². The largest absolute Gasteiger partial charge is 0.497 e. The molecule has 0 saturated carbocycles. The number of methoxy groups -OCH3 is 1. The van der Waals surface area contributed by atoms with Crippen molar-refractivity contribution in [1.29, 1.82) is 0 Å². The van der Waals surface area contributed by atoms with Crippen LogP contribution in [-0.4, -0.2) is 30.3 Å². The summed E-state index contributed by atoms with van der Waals surface area (Å²) in [4.78, 5) is 8.04. The number of imidazole rings is 1. The zero-order valence-electron chi connectivity index (χ0n) is 9.90. The quantitative estimate of drug-likeness (QED) is 0.865. The van der Waals surface area contributed by atoms with Crippen LogP contribution >= 0.6 is 0 Å². The van der Waals surface area contributed by atoms with Gasteiger partial charge in [0.25, 0.3) is 0 Å². The Morgan fingerprint density at radius 3 is 2.94 bits per heavy atom. The van der Waals surface area contributed by atoms with Crippen molar-refractivity contribution in [1.82, 2.24) is 9.97 Å². The molecule has 0 unspecified atom stereocenters. The second kappa shape index (κ2) is 4.37. The molecule has 1 fully saturated rings. The first-order valence-electron chi connectivity index (χ1n) is 5.98. The molecule has 1 saturated heterocycles. The van der Waals surface area contributed by atoms with Crippen LogP contribution in [0.1, 0.15) is 24.6 Å². The number of aromatic amines is 1. The van der Waals surface area contributed by atoms with Gasteiger partial charge in [-0.15, -0.1) is 0 Å². The maximum absolute atomic E-state index is 5.37. The van der Waals surface area contributed by atoms with Crippen molar-refractivity contribution < 1.29 is 9.47 Å². The molecule has 0 aliphatic carbocycles. The Kier molecular flexibility index (Phi) is 2.73. The lowest BCUT2D eigenvalue weighted by Gasteiger charge is -2.19. The van der Waals surface area contributed by atoms with E-state index in [1.54, 1.807) is 7.11 Å². The first kappa shape index (κ1) is 10.6. The third kappa shape index (κ3) is 2.00. The number of rotatable bonds is 2. The van der Waals surface area contributed by atoms with Crippen LogP contribution in [0.3, 0.4) is 0 Å². The van der Waals surface area contributed by atoms with Crippen LogP contribution in [0.5, 0.6) is 5.75 Å². The Morgan fingerprint density at radius 1 is 1.35 bits per heavy atom. The minimum Gasteiger partial charge on any atom is -0.497 e. The number of aromatic nitrogens is 2. The molecule has 1 aromatic heterocycles. The molecule has 2 aromatic rings. The summed E-state index contributed by atoms with van der Waals surface area (Å²) in [6.07, 6.45) is 2.11. The molecule has 1 N–H and O–H groups in total. The summed E-state index contributed by atoms with van der Waals surface area (Å²) in [6, 6.07) is 5.93. The summed E-state index contributed by atoms with van der Waals surface area (Å²) < 4.78 is 10.6. The van der Waals surface area contributed by atoms with E-state index in [2.05, 4.69) is 9.97 Å². The number of nitrogens with one attached hydrogen (secondary N) is 1. The molecule has 4 heteroatoms. The summed E-state index contributed by atoms with van der Waals surface area (Å²) in [7, 11) is 1.68. The number of H-pyrrole nitrogens is 1. The van der Waals surface area contributed by atoms with Gasteiger partial charge in [-0.2, -0.15) is 0 Å². The van der Waals surface area contributed by atoms with E-state index in [-0.39, 0.29) is 0 Å². The van der Waals surface area contributed by atoms with Crippen molar-refractivity contribution in [2.45, 2.75) is 18.8 Å². The second-order valence-electron chi connectivity index (χ2n) is 4.39. The van der Waals surface area contributed by atoms with Gasteiger partial charge in [0.1, 0.15) is 11.6 Å². The number of hydrogen-bond donors (Lipinski definition) is 1. The average Bonchev–Trinajstić information content (AvgIpc) is 2.82. The highest BCUT2D eigenvalue weighted by atomic mass is 16.5. The maximum Gasteiger partial charge on any atom is 0.121 e. The van der Waals surface area contributed by atoms with Crippen molar-refractivity contribution in [2.75, 3.05) is 20.3 Å². The molecule has 1 aromatic carbocycles. The summed E-state index contributed by atoms with van der Waals surface area (Å²) in [5, 5.41) is 0. The topological polar surface area (TPSA) is 47.1 Å². The van der Waals surface area contributed by atoms with Gasteiger partial charge in [-0.05, 0) is 25.0 Å². The van der Waals surface area contributed by atoms with Gasteiger partial charge in [0.2, 0.25) is 0 Å². The van der Waals surface area contributed by atoms with Crippen LogP contribution in [0, 0.1) is 0 Å². The minimum absolute atomic E-state index is 0.502. The van der Waals surface area contributed by atoms with Gasteiger partial charge in [0.15, 0.2) is 0 Å². The Morgan fingerprint density at radius 2 is 2.18 bits per heavy atom. The standard InChI is InChI=1S/C13H16N2O2/c1-16-10-2-3-11-12(8-10)15-13(14-11)9-4-6-17-7-5-9/h2-3,8-9H,4-7H2,1H3,(H,14,15). The van der Waals surface area contributed by atoms with Crippen molar-refractivity contribution in [3.05, 3.63) is 24.0 Å². The third-order valence-electron chi connectivity index (χ3n) is 3.32. The Hall–Kier alpha value is -1.55. The summed E-state index contributed by atoms with van der Waals surface area (Å²) in [6.45, 7) is 1.68. The highest BCUT2D eigenvalue weighted by Crippen LogP contribution is 2.27. The second-order valence-corrected chi connectivity index (χ2v) is 4.39. The van der Waals surface area contributed by atoms with Crippen LogP contribution in [0.2, 0.25) is 0 Å². The van der Waals surface area contributed by atoms with E-state index < -0.39 is 0 Å². The van der Waals surface area contributed by atoms with E-state index >= 15 is 0 Å². The van der Waals surface area contributed by atoms with Gasteiger partial charge in [-0.3, -0.25) is 0 Å². The van der Waals surface area contributed by atoms with Crippen molar-refractivity contribution in [2.24, 2.45) is 0 Å². The highest BCUT2D eigenvalue weighted by Gasteiger charge is 2.19. The molecule has 4 nitrogen and oxygen atoms in total. The smallest absolute Gasteiger partial charge is 0.121 e. The zero-order valence-corrected chi connectivity index (χ0v) is 9.90. The van der Waals surface area contributed by atoms with E-state index in [0.29, 0.717) is 5.92 Å². The predicted molar refractivity (Wildman–Crippen MR) is 65.4 cm³/mol. The van der Waals surface area contributed by atoms with Gasteiger partial charge in [-0.1, -0.05) is 0 Å².